The van der Waals surface area contributed by atoms with Crippen LogP contribution in [-0.2, 0) is 6.42 Å². The van der Waals surface area contributed by atoms with Crippen LogP contribution in [0.3, 0.4) is 0 Å². The summed E-state index contributed by atoms with van der Waals surface area (Å²) in [6, 6.07) is 2.69. The smallest absolute Gasteiger partial charge is 0.213 e. The summed E-state index contributed by atoms with van der Waals surface area (Å²) >= 11 is 0. The maximum Gasteiger partial charge on any atom is 0.213 e. The van der Waals surface area contributed by atoms with Crippen molar-refractivity contribution >= 4 is 0 Å². The van der Waals surface area contributed by atoms with Crippen LogP contribution in [0.4, 0.5) is 0 Å². The molecule has 2 atom stereocenters. The van der Waals surface area contributed by atoms with Crippen LogP contribution < -0.4 is 5.32 Å². The van der Waals surface area contributed by atoms with E-state index in [0.717, 1.165) is 32.2 Å². The van der Waals surface area contributed by atoms with E-state index >= 15 is 0 Å². The molecule has 0 aliphatic heterocycles. The quantitative estimate of drug-likeness (QED) is 0.792. The molecule has 1 fully saturated rings. The standard InChI is InChI=1S/C10H14N4O/c11-6-8-2-1-3-9(8)12-5-4-10-13-7-15-14-10/h7-9,12H,1-5H2. The first-order valence-corrected chi connectivity index (χ1v) is 5.28. The summed E-state index contributed by atoms with van der Waals surface area (Å²) < 4.78 is 4.64. The van der Waals surface area contributed by atoms with Gasteiger partial charge in [0.15, 0.2) is 5.82 Å². The van der Waals surface area contributed by atoms with Crippen LogP contribution in [0.15, 0.2) is 10.9 Å². The molecule has 1 saturated carbocycles. The largest absolute Gasteiger partial charge is 0.343 e. The van der Waals surface area contributed by atoms with E-state index in [1.165, 1.54) is 6.39 Å². The third-order valence-corrected chi connectivity index (χ3v) is 2.84. The van der Waals surface area contributed by atoms with Gasteiger partial charge in [0.1, 0.15) is 0 Å². The predicted molar refractivity (Wildman–Crippen MR) is 52.7 cm³/mol. The van der Waals surface area contributed by atoms with Crippen LogP contribution >= 0.6 is 0 Å². The molecule has 1 aliphatic rings. The predicted octanol–water partition coefficient (Wildman–Crippen LogP) is 0.894. The molecule has 2 unspecified atom stereocenters. The zero-order valence-corrected chi connectivity index (χ0v) is 8.52. The molecule has 0 aromatic carbocycles. The maximum atomic E-state index is 8.89. The molecular formula is C10H14N4O. The van der Waals surface area contributed by atoms with E-state index in [0.29, 0.717) is 11.9 Å². The van der Waals surface area contributed by atoms with Gasteiger partial charge in [-0.2, -0.15) is 10.2 Å². The zero-order valence-electron chi connectivity index (χ0n) is 8.52. The third kappa shape index (κ3) is 2.54. The molecule has 0 bridgehead atoms. The van der Waals surface area contributed by atoms with Crippen molar-refractivity contribution in [2.45, 2.75) is 31.7 Å². The molecule has 0 radical (unpaired) electrons. The topological polar surface area (TPSA) is 74.7 Å². The van der Waals surface area contributed by atoms with Crippen LogP contribution in [0.1, 0.15) is 25.1 Å². The number of aromatic nitrogens is 2. The lowest BCUT2D eigenvalue weighted by Crippen LogP contribution is -2.33. The molecule has 0 saturated heterocycles. The van der Waals surface area contributed by atoms with Crippen molar-refractivity contribution in [2.75, 3.05) is 6.54 Å². The average Bonchev–Trinajstić information content (AvgIpc) is 2.88. The number of nitriles is 1. The molecule has 5 nitrogen and oxygen atoms in total. The van der Waals surface area contributed by atoms with Crippen molar-refractivity contribution in [3.8, 4) is 6.07 Å². The highest BCUT2D eigenvalue weighted by molar-refractivity contribution is 4.96. The average molecular weight is 206 g/mol. The Kier molecular flexibility index (Phi) is 3.30. The van der Waals surface area contributed by atoms with Crippen molar-refractivity contribution in [1.29, 1.82) is 5.26 Å². The summed E-state index contributed by atoms with van der Waals surface area (Å²) in [7, 11) is 0. The Morgan fingerprint density at radius 2 is 2.53 bits per heavy atom. The Morgan fingerprint density at radius 1 is 1.60 bits per heavy atom. The molecule has 1 N–H and O–H groups in total. The highest BCUT2D eigenvalue weighted by Gasteiger charge is 2.26. The van der Waals surface area contributed by atoms with Crippen LogP contribution in [0.2, 0.25) is 0 Å². The second kappa shape index (κ2) is 4.89. The first-order valence-electron chi connectivity index (χ1n) is 5.28. The van der Waals surface area contributed by atoms with E-state index in [9.17, 15) is 0 Å². The molecule has 1 aliphatic carbocycles. The summed E-state index contributed by atoms with van der Waals surface area (Å²) in [4.78, 5) is 3.94. The molecule has 2 rings (SSSR count). The molecule has 1 aromatic rings. The van der Waals surface area contributed by atoms with Gasteiger partial charge >= 0.3 is 0 Å². The zero-order chi connectivity index (χ0) is 10.5. The normalized spacial score (nSPS) is 25.3. The Labute approximate surface area is 88.5 Å². The first-order chi connectivity index (χ1) is 7.40. The van der Waals surface area contributed by atoms with Crippen LogP contribution in [0.25, 0.3) is 0 Å². The molecule has 80 valence electrons. The van der Waals surface area contributed by atoms with E-state index in [1.54, 1.807) is 0 Å². The van der Waals surface area contributed by atoms with Crippen molar-refractivity contribution in [3.63, 3.8) is 0 Å². The van der Waals surface area contributed by atoms with Crippen molar-refractivity contribution < 1.29 is 4.52 Å². The van der Waals surface area contributed by atoms with Crippen LogP contribution in [0, 0.1) is 17.2 Å². The van der Waals surface area contributed by atoms with E-state index in [4.69, 9.17) is 5.26 Å². The summed E-state index contributed by atoms with van der Waals surface area (Å²) in [6.45, 7) is 0.808. The van der Waals surface area contributed by atoms with Crippen molar-refractivity contribution in [3.05, 3.63) is 12.2 Å². The van der Waals surface area contributed by atoms with Gasteiger partial charge in [-0.15, -0.1) is 0 Å². The molecule has 1 heterocycles. The molecule has 0 spiro atoms. The Balaban J connectivity index is 1.72. The summed E-state index contributed by atoms with van der Waals surface area (Å²) in [5, 5.41) is 16.0. The lowest BCUT2D eigenvalue weighted by molar-refractivity contribution is 0.406. The first kappa shape index (κ1) is 10.1. The minimum Gasteiger partial charge on any atom is -0.343 e. The Hall–Kier alpha value is -1.41. The fraction of sp³-hybridized carbons (Fsp3) is 0.700. The van der Waals surface area contributed by atoms with Crippen LogP contribution in [-0.4, -0.2) is 22.7 Å². The van der Waals surface area contributed by atoms with Gasteiger partial charge in [0.05, 0.1) is 12.0 Å². The Bertz CT molecular complexity index is 330. The van der Waals surface area contributed by atoms with Crippen molar-refractivity contribution in [1.82, 2.24) is 15.5 Å². The van der Waals surface area contributed by atoms with Crippen molar-refractivity contribution in [2.24, 2.45) is 5.92 Å². The number of nitrogens with zero attached hydrogens (tertiary/aromatic N) is 3. The lowest BCUT2D eigenvalue weighted by Gasteiger charge is -2.14. The van der Waals surface area contributed by atoms with E-state index < -0.39 is 0 Å². The number of hydrogen-bond donors (Lipinski definition) is 1. The second-order valence-corrected chi connectivity index (χ2v) is 3.82. The minimum absolute atomic E-state index is 0.176. The highest BCUT2D eigenvalue weighted by Crippen LogP contribution is 2.24. The lowest BCUT2D eigenvalue weighted by atomic mass is 10.1. The minimum atomic E-state index is 0.176. The van der Waals surface area contributed by atoms with E-state index in [1.807, 2.05) is 0 Å². The van der Waals surface area contributed by atoms with Gasteiger partial charge in [-0.1, -0.05) is 11.6 Å². The summed E-state index contributed by atoms with van der Waals surface area (Å²) in [6.07, 6.45) is 5.37. The van der Waals surface area contributed by atoms with E-state index in [2.05, 4.69) is 26.0 Å². The molecule has 15 heavy (non-hydrogen) atoms. The van der Waals surface area contributed by atoms with Gasteiger partial charge < -0.3 is 9.84 Å². The fourth-order valence-electron chi connectivity index (χ4n) is 2.03. The van der Waals surface area contributed by atoms with Gasteiger partial charge in [-0.3, -0.25) is 0 Å². The highest BCUT2D eigenvalue weighted by atomic mass is 16.5. The van der Waals surface area contributed by atoms with Gasteiger partial charge in [-0.05, 0) is 12.8 Å². The summed E-state index contributed by atoms with van der Waals surface area (Å²) in [5.41, 5.74) is 0. The number of hydrogen-bond acceptors (Lipinski definition) is 5. The van der Waals surface area contributed by atoms with E-state index in [-0.39, 0.29) is 5.92 Å². The molecule has 5 heteroatoms. The van der Waals surface area contributed by atoms with Gasteiger partial charge in [0.25, 0.3) is 0 Å². The van der Waals surface area contributed by atoms with Crippen LogP contribution in [0.5, 0.6) is 0 Å². The summed E-state index contributed by atoms with van der Waals surface area (Å²) in [5.74, 6) is 0.893. The monoisotopic (exact) mass is 206 g/mol. The van der Waals surface area contributed by atoms with Gasteiger partial charge in [0, 0.05) is 19.0 Å². The van der Waals surface area contributed by atoms with Gasteiger partial charge in [-0.25, -0.2) is 0 Å². The third-order valence-electron chi connectivity index (χ3n) is 2.84. The fourth-order valence-corrected chi connectivity index (χ4v) is 2.03. The number of rotatable bonds is 4. The Morgan fingerprint density at radius 3 is 3.27 bits per heavy atom. The maximum absolute atomic E-state index is 8.89. The second-order valence-electron chi connectivity index (χ2n) is 3.82. The molecule has 0 amide bonds. The van der Waals surface area contributed by atoms with Gasteiger partial charge in [0.2, 0.25) is 6.39 Å². The molecular weight excluding hydrogens is 192 g/mol. The molecule has 1 aromatic heterocycles. The number of nitrogens with one attached hydrogen (secondary N) is 1. The SMILES string of the molecule is N#CC1CCCC1NCCc1ncon1.